The highest BCUT2D eigenvalue weighted by molar-refractivity contribution is 5.79. The number of hydrogen-bond acceptors (Lipinski definition) is 6. The van der Waals surface area contributed by atoms with Crippen LogP contribution in [-0.2, 0) is 4.74 Å². The summed E-state index contributed by atoms with van der Waals surface area (Å²) in [5.74, 6) is 0. The number of piperazine rings is 1. The van der Waals surface area contributed by atoms with Crippen molar-refractivity contribution in [2.45, 2.75) is 26.4 Å². The van der Waals surface area contributed by atoms with Gasteiger partial charge in [0.25, 0.3) is 0 Å². The molecule has 0 saturated carbocycles. The molecular weight excluding hydrogens is 404 g/mol. The van der Waals surface area contributed by atoms with E-state index in [-0.39, 0.29) is 6.09 Å². The van der Waals surface area contributed by atoms with Crippen molar-refractivity contribution in [1.82, 2.24) is 4.90 Å². The number of nitrogens with two attached hydrogens (primary N) is 1. The first-order valence-corrected chi connectivity index (χ1v) is 10.8. The number of nitrogens with one attached hydrogen (secondary N) is 1. The molecule has 3 N–H and O–H groups in total. The van der Waals surface area contributed by atoms with Gasteiger partial charge in [0.05, 0.1) is 23.9 Å². The number of rotatable bonds is 4. The smallest absolute Gasteiger partial charge is 0.410 e. The molecule has 1 aromatic heterocycles. The topological polar surface area (TPSA) is 84.0 Å². The Labute approximate surface area is 188 Å². The lowest BCUT2D eigenvalue weighted by molar-refractivity contribution is 0.0240. The molecule has 1 saturated heterocycles. The van der Waals surface area contributed by atoms with Gasteiger partial charge in [-0.05, 0) is 62.7 Å². The molecule has 1 fully saturated rings. The van der Waals surface area contributed by atoms with E-state index in [1.807, 2.05) is 57.2 Å². The van der Waals surface area contributed by atoms with E-state index in [1.165, 1.54) is 0 Å². The van der Waals surface area contributed by atoms with Crippen LogP contribution in [0.1, 0.15) is 20.8 Å². The Morgan fingerprint density at radius 3 is 2.47 bits per heavy atom. The molecule has 2 heterocycles. The lowest BCUT2D eigenvalue weighted by atomic mass is 10.1. The Bertz CT molecular complexity index is 1070. The fourth-order valence-electron chi connectivity index (χ4n) is 3.69. The van der Waals surface area contributed by atoms with Crippen molar-refractivity contribution < 1.29 is 13.9 Å². The summed E-state index contributed by atoms with van der Waals surface area (Å²) in [6.07, 6.45) is 3.10. The average Bonchev–Trinajstić information content (AvgIpc) is 3.29. The molecule has 0 bridgehead atoms. The van der Waals surface area contributed by atoms with Crippen molar-refractivity contribution in [2.24, 2.45) is 0 Å². The van der Waals surface area contributed by atoms with Crippen LogP contribution in [0.3, 0.4) is 0 Å². The highest BCUT2D eigenvalue weighted by atomic mass is 16.6. The quantitative estimate of drug-likeness (QED) is 0.540. The zero-order chi connectivity index (χ0) is 22.7. The summed E-state index contributed by atoms with van der Waals surface area (Å²) in [7, 11) is 0. The molecule has 0 atom stereocenters. The fourth-order valence-corrected chi connectivity index (χ4v) is 3.69. The van der Waals surface area contributed by atoms with Crippen LogP contribution in [0.2, 0.25) is 0 Å². The number of hydrogen-bond donors (Lipinski definition) is 2. The third-order valence-corrected chi connectivity index (χ3v) is 5.33. The van der Waals surface area contributed by atoms with Crippen LogP contribution >= 0.6 is 0 Å². The van der Waals surface area contributed by atoms with Crippen LogP contribution in [0, 0.1) is 0 Å². The average molecular weight is 435 g/mol. The largest absolute Gasteiger partial charge is 0.472 e. The molecule has 1 amide bonds. The Morgan fingerprint density at radius 1 is 1.03 bits per heavy atom. The number of furan rings is 1. The maximum absolute atomic E-state index is 12.3. The molecule has 1 aliphatic heterocycles. The third-order valence-electron chi connectivity index (χ3n) is 5.33. The molecule has 1 aliphatic rings. The van der Waals surface area contributed by atoms with Crippen LogP contribution in [-0.4, -0.2) is 42.8 Å². The SMILES string of the molecule is CC(C)(C)OC(=O)N1CCN(c2cccc(Nc3ccc(-c4ccoc4)cc3N)c2)CC1. The molecule has 3 aromatic rings. The molecule has 32 heavy (non-hydrogen) atoms. The predicted molar refractivity (Wildman–Crippen MR) is 128 cm³/mol. The Morgan fingerprint density at radius 2 is 1.81 bits per heavy atom. The fraction of sp³-hybridized carbons (Fsp3) is 0.320. The summed E-state index contributed by atoms with van der Waals surface area (Å²) >= 11 is 0. The van der Waals surface area contributed by atoms with Crippen molar-refractivity contribution in [1.29, 1.82) is 0 Å². The second-order valence-corrected chi connectivity index (χ2v) is 8.94. The maximum Gasteiger partial charge on any atom is 0.410 e. The van der Waals surface area contributed by atoms with E-state index in [0.29, 0.717) is 18.8 Å². The molecule has 0 radical (unpaired) electrons. The van der Waals surface area contributed by atoms with Gasteiger partial charge in [0.2, 0.25) is 0 Å². The summed E-state index contributed by atoms with van der Waals surface area (Å²) in [6, 6.07) is 16.1. The van der Waals surface area contributed by atoms with Gasteiger partial charge in [0.1, 0.15) is 5.60 Å². The summed E-state index contributed by atoms with van der Waals surface area (Å²) in [5.41, 5.74) is 11.4. The predicted octanol–water partition coefficient (Wildman–Crippen LogP) is 5.33. The van der Waals surface area contributed by atoms with Gasteiger partial charge in [-0.25, -0.2) is 4.79 Å². The van der Waals surface area contributed by atoms with Gasteiger partial charge in [-0.15, -0.1) is 0 Å². The van der Waals surface area contributed by atoms with Gasteiger partial charge in [0.15, 0.2) is 0 Å². The van der Waals surface area contributed by atoms with Crippen LogP contribution < -0.4 is 16.0 Å². The van der Waals surface area contributed by atoms with Crippen LogP contribution in [0.15, 0.2) is 65.5 Å². The zero-order valence-electron chi connectivity index (χ0n) is 18.8. The first-order chi connectivity index (χ1) is 15.3. The number of ether oxygens (including phenoxy) is 1. The molecule has 2 aromatic carbocycles. The normalized spacial score (nSPS) is 14.3. The minimum atomic E-state index is -0.479. The number of benzene rings is 2. The van der Waals surface area contributed by atoms with E-state index >= 15 is 0 Å². The monoisotopic (exact) mass is 434 g/mol. The maximum atomic E-state index is 12.3. The number of carbonyl (C=O) groups excluding carboxylic acids is 1. The van der Waals surface area contributed by atoms with E-state index in [0.717, 1.165) is 41.3 Å². The molecule has 7 nitrogen and oxygen atoms in total. The highest BCUT2D eigenvalue weighted by Crippen LogP contribution is 2.30. The van der Waals surface area contributed by atoms with E-state index in [4.69, 9.17) is 14.9 Å². The van der Waals surface area contributed by atoms with Crippen molar-refractivity contribution in [3.05, 3.63) is 61.1 Å². The van der Waals surface area contributed by atoms with Gasteiger partial charge in [-0.1, -0.05) is 12.1 Å². The van der Waals surface area contributed by atoms with Gasteiger partial charge >= 0.3 is 6.09 Å². The molecule has 0 unspecified atom stereocenters. The van der Waals surface area contributed by atoms with Crippen molar-refractivity contribution in [2.75, 3.05) is 42.1 Å². The van der Waals surface area contributed by atoms with Gasteiger partial charge in [-0.3, -0.25) is 0 Å². The second kappa shape index (κ2) is 8.86. The number of carbonyl (C=O) groups is 1. The lowest BCUT2D eigenvalue weighted by Gasteiger charge is -2.36. The molecule has 0 aliphatic carbocycles. The van der Waals surface area contributed by atoms with E-state index in [1.54, 1.807) is 17.4 Å². The van der Waals surface area contributed by atoms with E-state index in [2.05, 4.69) is 22.3 Å². The standard InChI is InChI=1S/C25H30N4O3/c1-25(2,3)32-24(30)29-12-10-28(11-13-29)21-6-4-5-20(16-21)27-23-8-7-18(15-22(23)26)19-9-14-31-17-19/h4-9,14-17,27H,10-13,26H2,1-3H3. The highest BCUT2D eigenvalue weighted by Gasteiger charge is 2.26. The molecule has 168 valence electrons. The first kappa shape index (κ1) is 21.6. The zero-order valence-corrected chi connectivity index (χ0v) is 18.8. The second-order valence-electron chi connectivity index (χ2n) is 8.94. The van der Waals surface area contributed by atoms with Crippen molar-refractivity contribution in [3.8, 4) is 11.1 Å². The van der Waals surface area contributed by atoms with Gasteiger partial charge in [-0.2, -0.15) is 0 Å². The Kier molecular flexibility index (Phi) is 5.99. The first-order valence-electron chi connectivity index (χ1n) is 10.8. The van der Waals surface area contributed by atoms with Crippen LogP contribution in [0.5, 0.6) is 0 Å². The lowest BCUT2D eigenvalue weighted by Crippen LogP contribution is -2.50. The third kappa shape index (κ3) is 5.17. The van der Waals surface area contributed by atoms with Gasteiger partial charge < -0.3 is 30.0 Å². The van der Waals surface area contributed by atoms with E-state index in [9.17, 15) is 4.79 Å². The number of nitrogens with zero attached hydrogens (tertiary/aromatic N) is 2. The van der Waals surface area contributed by atoms with Gasteiger partial charge in [0, 0.05) is 43.1 Å². The summed E-state index contributed by atoms with van der Waals surface area (Å²) in [6.45, 7) is 8.44. The van der Waals surface area contributed by atoms with E-state index < -0.39 is 5.60 Å². The Hall–Kier alpha value is -3.61. The number of anilines is 4. The van der Waals surface area contributed by atoms with Crippen molar-refractivity contribution in [3.63, 3.8) is 0 Å². The van der Waals surface area contributed by atoms with Crippen LogP contribution in [0.25, 0.3) is 11.1 Å². The summed E-state index contributed by atoms with van der Waals surface area (Å²) < 4.78 is 10.6. The minimum Gasteiger partial charge on any atom is -0.472 e. The number of amides is 1. The Balaban J connectivity index is 1.40. The molecule has 7 heteroatoms. The van der Waals surface area contributed by atoms with Crippen LogP contribution in [0.4, 0.5) is 27.5 Å². The summed E-state index contributed by atoms with van der Waals surface area (Å²) in [5, 5.41) is 3.42. The molecular formula is C25H30N4O3. The molecule has 4 rings (SSSR count). The summed E-state index contributed by atoms with van der Waals surface area (Å²) in [4.78, 5) is 16.3. The van der Waals surface area contributed by atoms with Crippen molar-refractivity contribution >= 4 is 28.8 Å². The number of nitrogen functional groups attached to an aromatic ring is 1. The molecule has 0 spiro atoms. The minimum absolute atomic E-state index is 0.248.